The van der Waals surface area contributed by atoms with Crippen molar-refractivity contribution in [2.75, 3.05) is 13.2 Å². The quantitative estimate of drug-likeness (QED) is 0.608. The zero-order valence-electron chi connectivity index (χ0n) is 19.2. The van der Waals surface area contributed by atoms with Gasteiger partial charge in [0, 0.05) is 36.5 Å². The Labute approximate surface area is 185 Å². The van der Waals surface area contributed by atoms with Crippen molar-refractivity contribution < 1.29 is 14.6 Å². The van der Waals surface area contributed by atoms with Crippen LogP contribution in [0.2, 0.25) is 0 Å². The highest BCUT2D eigenvalue weighted by Crippen LogP contribution is 2.37. The molecule has 0 spiro atoms. The van der Waals surface area contributed by atoms with E-state index in [1.807, 2.05) is 0 Å². The smallest absolute Gasteiger partial charge is 0.252 e. The van der Waals surface area contributed by atoms with Crippen LogP contribution in [0, 0.1) is 5.92 Å². The third-order valence-electron chi connectivity index (χ3n) is 6.83. The molecule has 3 heterocycles. The second-order valence-electron chi connectivity index (χ2n) is 9.38. The van der Waals surface area contributed by atoms with Gasteiger partial charge in [0.15, 0.2) is 0 Å². The lowest BCUT2D eigenvalue weighted by Crippen LogP contribution is -2.45. The molecule has 2 aromatic rings. The van der Waals surface area contributed by atoms with Gasteiger partial charge in [-0.1, -0.05) is 13.8 Å². The van der Waals surface area contributed by atoms with Crippen molar-refractivity contribution in [3.05, 3.63) is 29.7 Å². The van der Waals surface area contributed by atoms with Crippen LogP contribution in [-0.2, 0) is 22.5 Å². The summed E-state index contributed by atoms with van der Waals surface area (Å²) in [6.07, 6.45) is 8.43. The van der Waals surface area contributed by atoms with Crippen LogP contribution >= 0.6 is 0 Å². The summed E-state index contributed by atoms with van der Waals surface area (Å²) in [5.41, 5.74) is 3.24. The average Bonchev–Trinajstić information content (AvgIpc) is 3.53. The van der Waals surface area contributed by atoms with Crippen LogP contribution in [0.5, 0.6) is 0 Å². The Morgan fingerprint density at radius 1 is 1.32 bits per heavy atom. The number of ether oxygens (including phenoxy) is 1. The van der Waals surface area contributed by atoms with Crippen molar-refractivity contribution in [1.29, 1.82) is 0 Å². The molecule has 1 saturated carbocycles. The molecule has 1 amide bonds. The minimum absolute atomic E-state index is 0.0709. The largest absolute Gasteiger partial charge is 0.396 e. The van der Waals surface area contributed by atoms with E-state index in [0.717, 1.165) is 62.9 Å². The summed E-state index contributed by atoms with van der Waals surface area (Å²) in [7, 11) is 0. The summed E-state index contributed by atoms with van der Waals surface area (Å²) in [6, 6.07) is 4.56. The monoisotopic (exact) mass is 427 g/mol. The standard InChI is InChI=1S/C25H37N3O3/c1-4-21-20-11-13-27(12-5-6-14-29)23(20)15-22(26-21)18(3)28(19-8-9-19)25(30)24-10-7-17(2)16-31-24/h11,13,15,17-19,24,29H,4-10,12,14,16H2,1-3H3/t17-,18+,24-/m1/s1. The first-order valence-corrected chi connectivity index (χ1v) is 12.1. The molecule has 4 rings (SSSR count). The fourth-order valence-electron chi connectivity index (χ4n) is 4.78. The van der Waals surface area contributed by atoms with Crippen LogP contribution in [0.4, 0.5) is 0 Å². The molecule has 0 aromatic carbocycles. The number of aliphatic hydroxyl groups is 1. The van der Waals surface area contributed by atoms with E-state index < -0.39 is 0 Å². The first-order chi connectivity index (χ1) is 15.0. The van der Waals surface area contributed by atoms with Crippen LogP contribution in [0.25, 0.3) is 10.9 Å². The SMILES string of the molecule is CCc1nc([C@H](C)N(C(=O)[C@H]2CC[C@@H](C)CO2)C2CC2)cc2c1ccn2CCCCO. The van der Waals surface area contributed by atoms with Crippen molar-refractivity contribution in [2.45, 2.75) is 90.4 Å². The Balaban J connectivity index is 1.62. The van der Waals surface area contributed by atoms with Gasteiger partial charge < -0.3 is 19.3 Å². The predicted octanol–water partition coefficient (Wildman–Crippen LogP) is 4.24. The molecule has 0 radical (unpaired) electrons. The third kappa shape index (κ3) is 4.80. The zero-order valence-corrected chi connectivity index (χ0v) is 19.2. The maximum atomic E-state index is 13.5. The normalized spacial score (nSPS) is 22.6. The topological polar surface area (TPSA) is 67.6 Å². The highest BCUT2D eigenvalue weighted by molar-refractivity contribution is 5.84. The van der Waals surface area contributed by atoms with E-state index in [4.69, 9.17) is 14.8 Å². The van der Waals surface area contributed by atoms with Crippen molar-refractivity contribution in [1.82, 2.24) is 14.5 Å². The molecule has 0 unspecified atom stereocenters. The van der Waals surface area contributed by atoms with E-state index in [-0.39, 0.29) is 24.7 Å². The Bertz CT molecular complexity index is 897. The molecule has 0 bridgehead atoms. The van der Waals surface area contributed by atoms with Crippen molar-refractivity contribution in [3.8, 4) is 0 Å². The molecule has 31 heavy (non-hydrogen) atoms. The lowest BCUT2D eigenvalue weighted by Gasteiger charge is -2.35. The number of fused-ring (bicyclic) bond motifs is 1. The van der Waals surface area contributed by atoms with Gasteiger partial charge in [0.1, 0.15) is 6.10 Å². The van der Waals surface area contributed by atoms with Crippen LogP contribution in [0.15, 0.2) is 18.3 Å². The summed E-state index contributed by atoms with van der Waals surface area (Å²) < 4.78 is 8.20. The molecule has 1 N–H and O–H groups in total. The summed E-state index contributed by atoms with van der Waals surface area (Å²) in [5.74, 6) is 0.672. The molecule has 6 nitrogen and oxygen atoms in total. The molecule has 1 aliphatic carbocycles. The molecule has 3 atom stereocenters. The van der Waals surface area contributed by atoms with Gasteiger partial charge in [0.05, 0.1) is 23.9 Å². The number of hydrogen-bond acceptors (Lipinski definition) is 4. The molecule has 2 fully saturated rings. The van der Waals surface area contributed by atoms with Gasteiger partial charge in [-0.25, -0.2) is 0 Å². The average molecular weight is 428 g/mol. The number of aromatic nitrogens is 2. The van der Waals surface area contributed by atoms with E-state index in [9.17, 15) is 4.79 Å². The molecule has 6 heteroatoms. The fraction of sp³-hybridized carbons (Fsp3) is 0.680. The Kier molecular flexibility index (Phi) is 6.97. The highest BCUT2D eigenvalue weighted by Gasteiger charge is 2.40. The van der Waals surface area contributed by atoms with Crippen molar-refractivity contribution in [2.24, 2.45) is 5.92 Å². The predicted molar refractivity (Wildman–Crippen MR) is 122 cm³/mol. The molecule has 2 aliphatic rings. The number of aliphatic hydroxyl groups excluding tert-OH is 1. The second kappa shape index (κ2) is 9.70. The summed E-state index contributed by atoms with van der Waals surface area (Å²) in [5, 5.41) is 10.3. The van der Waals surface area contributed by atoms with Gasteiger partial charge in [-0.15, -0.1) is 0 Å². The Morgan fingerprint density at radius 2 is 2.13 bits per heavy atom. The van der Waals surface area contributed by atoms with Gasteiger partial charge in [0.2, 0.25) is 0 Å². The second-order valence-corrected chi connectivity index (χ2v) is 9.38. The number of aryl methyl sites for hydroxylation is 2. The molecule has 2 aromatic heterocycles. The van der Waals surface area contributed by atoms with E-state index in [0.29, 0.717) is 18.6 Å². The number of hydrogen-bond donors (Lipinski definition) is 1. The van der Waals surface area contributed by atoms with E-state index >= 15 is 0 Å². The van der Waals surface area contributed by atoms with E-state index in [1.54, 1.807) is 0 Å². The van der Waals surface area contributed by atoms with Crippen LogP contribution in [0.1, 0.15) is 76.7 Å². The fourth-order valence-corrected chi connectivity index (χ4v) is 4.78. The maximum absolute atomic E-state index is 13.5. The minimum Gasteiger partial charge on any atom is -0.396 e. The van der Waals surface area contributed by atoms with Crippen LogP contribution in [0.3, 0.4) is 0 Å². The van der Waals surface area contributed by atoms with Crippen molar-refractivity contribution in [3.63, 3.8) is 0 Å². The lowest BCUT2D eigenvalue weighted by atomic mass is 9.99. The maximum Gasteiger partial charge on any atom is 0.252 e. The molecule has 1 saturated heterocycles. The van der Waals surface area contributed by atoms with Gasteiger partial charge in [-0.2, -0.15) is 0 Å². The zero-order chi connectivity index (χ0) is 22.0. The molecule has 170 valence electrons. The molecular formula is C25H37N3O3. The van der Waals surface area contributed by atoms with Crippen molar-refractivity contribution >= 4 is 16.8 Å². The number of amides is 1. The van der Waals surface area contributed by atoms with Crippen LogP contribution in [-0.4, -0.2) is 50.8 Å². The highest BCUT2D eigenvalue weighted by atomic mass is 16.5. The summed E-state index contributed by atoms with van der Waals surface area (Å²) in [6.45, 7) is 8.22. The number of rotatable bonds is 9. The van der Waals surface area contributed by atoms with Gasteiger partial charge in [-0.05, 0) is 69.9 Å². The van der Waals surface area contributed by atoms with Gasteiger partial charge in [-0.3, -0.25) is 9.78 Å². The summed E-state index contributed by atoms with van der Waals surface area (Å²) in [4.78, 5) is 20.5. The first-order valence-electron chi connectivity index (χ1n) is 12.1. The van der Waals surface area contributed by atoms with E-state index in [2.05, 4.69) is 48.6 Å². The number of carbonyl (C=O) groups excluding carboxylic acids is 1. The van der Waals surface area contributed by atoms with Crippen LogP contribution < -0.4 is 0 Å². The number of unbranched alkanes of at least 4 members (excludes halogenated alkanes) is 1. The lowest BCUT2D eigenvalue weighted by molar-refractivity contribution is -0.151. The minimum atomic E-state index is -0.309. The number of carbonyl (C=O) groups is 1. The molecule has 1 aliphatic heterocycles. The van der Waals surface area contributed by atoms with Gasteiger partial charge >= 0.3 is 0 Å². The first kappa shape index (κ1) is 22.3. The van der Waals surface area contributed by atoms with E-state index in [1.165, 1.54) is 10.9 Å². The Morgan fingerprint density at radius 3 is 2.77 bits per heavy atom. The van der Waals surface area contributed by atoms with Gasteiger partial charge in [0.25, 0.3) is 5.91 Å². The third-order valence-corrected chi connectivity index (χ3v) is 6.83. The number of nitrogens with zero attached hydrogens (tertiary/aromatic N) is 3. The Hall–Kier alpha value is -1.92. The molecular weight excluding hydrogens is 390 g/mol. The summed E-state index contributed by atoms with van der Waals surface area (Å²) >= 11 is 0. The number of pyridine rings is 1.